The van der Waals surface area contributed by atoms with Crippen molar-refractivity contribution in [2.24, 2.45) is 16.7 Å². The molecule has 0 unspecified atom stereocenters. The Balaban J connectivity index is 1.64. The Morgan fingerprint density at radius 2 is 1.82 bits per heavy atom. The molecular formula is C15H24O2. The minimum absolute atomic E-state index is 0.0975. The highest BCUT2D eigenvalue weighted by molar-refractivity contribution is 5.22. The third-order valence-corrected chi connectivity index (χ3v) is 6.80. The minimum atomic E-state index is 0.0975. The van der Waals surface area contributed by atoms with Crippen LogP contribution in [0.1, 0.15) is 53.4 Å². The van der Waals surface area contributed by atoms with Crippen LogP contribution in [0.5, 0.6) is 0 Å². The molecule has 0 amide bonds. The fourth-order valence-electron chi connectivity index (χ4n) is 4.89. The maximum atomic E-state index is 5.99. The minimum Gasteiger partial charge on any atom is -0.366 e. The van der Waals surface area contributed by atoms with Gasteiger partial charge in [0.05, 0.1) is 12.2 Å². The van der Waals surface area contributed by atoms with Crippen LogP contribution in [0.4, 0.5) is 0 Å². The number of fused-ring (bicyclic) bond motifs is 3. The molecule has 0 aromatic rings. The summed E-state index contributed by atoms with van der Waals surface area (Å²) >= 11 is 0. The first kappa shape index (κ1) is 10.8. The molecule has 2 heterocycles. The van der Waals surface area contributed by atoms with Gasteiger partial charge in [-0.3, -0.25) is 0 Å². The third kappa shape index (κ3) is 1.14. The fourth-order valence-corrected chi connectivity index (χ4v) is 4.89. The van der Waals surface area contributed by atoms with Crippen molar-refractivity contribution in [3.8, 4) is 0 Å². The number of epoxide rings is 2. The number of ether oxygens (including phenoxy) is 2. The van der Waals surface area contributed by atoms with Crippen LogP contribution >= 0.6 is 0 Å². The lowest BCUT2D eigenvalue weighted by Crippen LogP contribution is -2.44. The van der Waals surface area contributed by atoms with Crippen LogP contribution in [-0.2, 0) is 9.47 Å². The molecule has 17 heavy (non-hydrogen) atoms. The predicted molar refractivity (Wildman–Crippen MR) is 65.8 cm³/mol. The maximum absolute atomic E-state index is 5.99. The van der Waals surface area contributed by atoms with Gasteiger partial charge in [-0.05, 0) is 42.9 Å². The van der Waals surface area contributed by atoms with Crippen LogP contribution in [0.25, 0.3) is 0 Å². The highest BCUT2D eigenvalue weighted by atomic mass is 16.7. The van der Waals surface area contributed by atoms with E-state index in [-0.39, 0.29) is 5.60 Å². The average Bonchev–Trinajstić information content (AvgIpc) is 3.06. The van der Waals surface area contributed by atoms with Crippen LogP contribution in [0, 0.1) is 16.7 Å². The van der Waals surface area contributed by atoms with Crippen LogP contribution in [0.15, 0.2) is 0 Å². The summed E-state index contributed by atoms with van der Waals surface area (Å²) in [5.41, 5.74) is 1.02. The summed E-state index contributed by atoms with van der Waals surface area (Å²) in [6.07, 6.45) is 6.78. The van der Waals surface area contributed by atoms with Gasteiger partial charge in [0.15, 0.2) is 0 Å². The Kier molecular flexibility index (Phi) is 1.75. The largest absolute Gasteiger partial charge is 0.366 e. The van der Waals surface area contributed by atoms with E-state index in [0.29, 0.717) is 29.1 Å². The molecule has 2 aliphatic carbocycles. The molecule has 2 nitrogen and oxygen atoms in total. The van der Waals surface area contributed by atoms with E-state index in [4.69, 9.17) is 9.47 Å². The Morgan fingerprint density at radius 1 is 1.06 bits per heavy atom. The molecule has 0 spiro atoms. The second-order valence-electron chi connectivity index (χ2n) is 7.81. The quantitative estimate of drug-likeness (QED) is 0.653. The molecule has 4 rings (SSSR count). The van der Waals surface area contributed by atoms with Crippen molar-refractivity contribution in [1.29, 1.82) is 0 Å². The zero-order chi connectivity index (χ0) is 12.1. The third-order valence-electron chi connectivity index (χ3n) is 6.80. The van der Waals surface area contributed by atoms with E-state index in [9.17, 15) is 0 Å². The van der Waals surface area contributed by atoms with E-state index < -0.39 is 0 Å². The first-order valence-electron chi connectivity index (χ1n) is 7.22. The molecule has 0 bridgehead atoms. The van der Waals surface area contributed by atoms with E-state index >= 15 is 0 Å². The van der Waals surface area contributed by atoms with Gasteiger partial charge in [-0.2, -0.15) is 0 Å². The second-order valence-corrected chi connectivity index (χ2v) is 7.81. The highest BCUT2D eigenvalue weighted by Crippen LogP contribution is 2.67. The van der Waals surface area contributed by atoms with Gasteiger partial charge in [-0.15, -0.1) is 0 Å². The van der Waals surface area contributed by atoms with Crippen molar-refractivity contribution in [1.82, 2.24) is 0 Å². The summed E-state index contributed by atoms with van der Waals surface area (Å²) in [7, 11) is 0. The maximum Gasteiger partial charge on any atom is 0.121 e. The molecule has 96 valence electrons. The standard InChI is InChI=1S/C15H24O2/c1-13(2)6-5-7-14(13,3)9-8-10-15(4,17-10)12-11(9)16-12/h9-12H,5-8H2,1-4H3/t9-,10-,11+,12+,14-,15-/m0/s1. The van der Waals surface area contributed by atoms with E-state index in [1.165, 1.54) is 25.7 Å². The second kappa shape index (κ2) is 2.75. The summed E-state index contributed by atoms with van der Waals surface area (Å²) in [4.78, 5) is 0. The van der Waals surface area contributed by atoms with E-state index in [1.54, 1.807) is 0 Å². The van der Waals surface area contributed by atoms with E-state index in [2.05, 4.69) is 27.7 Å². The lowest BCUT2D eigenvalue weighted by Gasteiger charge is -2.45. The first-order valence-corrected chi connectivity index (χ1v) is 7.22. The van der Waals surface area contributed by atoms with Crippen LogP contribution in [-0.4, -0.2) is 23.9 Å². The van der Waals surface area contributed by atoms with Gasteiger partial charge in [0.25, 0.3) is 0 Å². The smallest absolute Gasteiger partial charge is 0.121 e. The van der Waals surface area contributed by atoms with Crippen molar-refractivity contribution in [2.75, 3.05) is 0 Å². The van der Waals surface area contributed by atoms with Crippen molar-refractivity contribution in [3.63, 3.8) is 0 Å². The van der Waals surface area contributed by atoms with Gasteiger partial charge in [-0.25, -0.2) is 0 Å². The van der Waals surface area contributed by atoms with Crippen molar-refractivity contribution in [2.45, 2.75) is 77.3 Å². The van der Waals surface area contributed by atoms with Gasteiger partial charge < -0.3 is 9.47 Å². The molecule has 2 saturated heterocycles. The summed E-state index contributed by atoms with van der Waals surface area (Å²) in [5, 5.41) is 0. The molecule has 2 saturated carbocycles. The monoisotopic (exact) mass is 236 g/mol. The summed E-state index contributed by atoms with van der Waals surface area (Å²) in [6.45, 7) is 9.66. The van der Waals surface area contributed by atoms with Gasteiger partial charge in [0, 0.05) is 0 Å². The zero-order valence-corrected chi connectivity index (χ0v) is 11.5. The Labute approximate surface area is 104 Å². The number of rotatable bonds is 1. The number of hydrogen-bond donors (Lipinski definition) is 0. The average molecular weight is 236 g/mol. The lowest BCUT2D eigenvalue weighted by molar-refractivity contribution is 0.0271. The lowest BCUT2D eigenvalue weighted by atomic mass is 9.58. The molecule has 0 aromatic heterocycles. The SMILES string of the molecule is CC1(C)CCC[C@@]1(C)[C@H]1C[C@@H]2O[C@]2(C)[C@@H]2O[C@@H]21. The van der Waals surface area contributed by atoms with Gasteiger partial charge in [0.1, 0.15) is 11.7 Å². The fraction of sp³-hybridized carbons (Fsp3) is 1.00. The molecular weight excluding hydrogens is 212 g/mol. The van der Waals surface area contributed by atoms with Crippen LogP contribution in [0.3, 0.4) is 0 Å². The van der Waals surface area contributed by atoms with Crippen molar-refractivity contribution < 1.29 is 9.47 Å². The molecule has 6 atom stereocenters. The molecule has 0 N–H and O–H groups in total. The van der Waals surface area contributed by atoms with E-state index in [0.717, 1.165) is 5.92 Å². The molecule has 4 aliphatic rings. The van der Waals surface area contributed by atoms with Gasteiger partial charge in [-0.1, -0.05) is 27.2 Å². The summed E-state index contributed by atoms with van der Waals surface area (Å²) < 4.78 is 11.9. The van der Waals surface area contributed by atoms with Gasteiger partial charge in [0.2, 0.25) is 0 Å². The van der Waals surface area contributed by atoms with Gasteiger partial charge >= 0.3 is 0 Å². The Bertz CT molecular complexity index is 377. The molecule has 2 aliphatic heterocycles. The molecule has 0 radical (unpaired) electrons. The molecule has 0 aromatic carbocycles. The summed E-state index contributed by atoms with van der Waals surface area (Å²) in [5.74, 6) is 0.727. The highest BCUT2D eigenvalue weighted by Gasteiger charge is 2.75. The first-order chi connectivity index (χ1) is 7.88. The van der Waals surface area contributed by atoms with Crippen LogP contribution in [0.2, 0.25) is 0 Å². The van der Waals surface area contributed by atoms with Crippen molar-refractivity contribution >= 4 is 0 Å². The number of hydrogen-bond acceptors (Lipinski definition) is 2. The zero-order valence-electron chi connectivity index (χ0n) is 11.5. The molecule has 2 heteroatoms. The van der Waals surface area contributed by atoms with Crippen molar-refractivity contribution in [3.05, 3.63) is 0 Å². The predicted octanol–water partition coefficient (Wildman–Crippen LogP) is 3.15. The normalized spacial score (nSPS) is 62.8. The summed E-state index contributed by atoms with van der Waals surface area (Å²) in [6, 6.07) is 0. The Morgan fingerprint density at radius 3 is 2.47 bits per heavy atom. The topological polar surface area (TPSA) is 25.1 Å². The Hall–Kier alpha value is -0.0800. The molecule has 4 fully saturated rings. The van der Waals surface area contributed by atoms with Crippen LogP contribution < -0.4 is 0 Å². The van der Waals surface area contributed by atoms with E-state index in [1.807, 2.05) is 0 Å².